The van der Waals surface area contributed by atoms with Crippen LogP contribution >= 0.6 is 11.8 Å². The zero-order chi connectivity index (χ0) is 21.4. The number of hydrogen-bond acceptors (Lipinski definition) is 7. The van der Waals surface area contributed by atoms with Crippen LogP contribution in [0, 0.1) is 0 Å². The van der Waals surface area contributed by atoms with Gasteiger partial charge in [-0.3, -0.25) is 24.2 Å². The molecule has 0 spiro atoms. The van der Waals surface area contributed by atoms with Crippen molar-refractivity contribution in [2.45, 2.75) is 31.2 Å². The number of nitrogens with zero attached hydrogens (tertiary/aromatic N) is 2. The number of hydrogen-bond donors (Lipinski definition) is 0. The summed E-state index contributed by atoms with van der Waals surface area (Å²) in [6.45, 7) is 2.85. The van der Waals surface area contributed by atoms with E-state index in [1.165, 1.54) is 23.8 Å². The second kappa shape index (κ2) is 8.23. The van der Waals surface area contributed by atoms with Crippen molar-refractivity contribution in [2.75, 3.05) is 26.1 Å². The molecule has 1 fully saturated rings. The largest absolute Gasteiger partial charge is 0.464 e. The summed E-state index contributed by atoms with van der Waals surface area (Å²) in [6.07, 6.45) is 1.90. The minimum atomic E-state index is -0.940. The van der Waals surface area contributed by atoms with Crippen molar-refractivity contribution in [3.8, 4) is 0 Å². The number of methoxy groups -OCH3 is 1. The fraction of sp³-hybridized carbons (Fsp3) is 0.429. The summed E-state index contributed by atoms with van der Waals surface area (Å²) in [5, 5.41) is -0.520. The van der Waals surface area contributed by atoms with Crippen molar-refractivity contribution >= 4 is 35.5 Å². The molecule has 0 N–H and O–H groups in total. The molecule has 9 heteroatoms. The Morgan fingerprint density at radius 2 is 1.80 bits per heavy atom. The van der Waals surface area contributed by atoms with E-state index in [0.717, 1.165) is 17.7 Å². The molecule has 3 aliphatic heterocycles. The third kappa shape index (κ3) is 3.13. The van der Waals surface area contributed by atoms with Crippen LogP contribution in [0.5, 0.6) is 0 Å². The Kier molecular flexibility index (Phi) is 5.66. The summed E-state index contributed by atoms with van der Waals surface area (Å²) in [4.78, 5) is 53.5. The summed E-state index contributed by atoms with van der Waals surface area (Å²) >= 11 is 1.41. The molecule has 30 heavy (non-hydrogen) atoms. The van der Waals surface area contributed by atoms with E-state index in [9.17, 15) is 19.2 Å². The van der Waals surface area contributed by atoms with Crippen molar-refractivity contribution in [1.29, 1.82) is 0 Å². The average Bonchev–Trinajstić information content (AvgIpc) is 3.01. The molecule has 1 aromatic carbocycles. The highest BCUT2D eigenvalue weighted by atomic mass is 32.2. The quantitative estimate of drug-likeness (QED) is 0.282. The number of carbonyl (C=O) groups is 4. The maximum Gasteiger partial charge on any atom is 0.354 e. The molecule has 0 saturated carbocycles. The number of esters is 1. The number of carbonyl (C=O) groups excluding carboxylic acids is 4. The van der Waals surface area contributed by atoms with Gasteiger partial charge in [-0.25, -0.2) is 4.79 Å². The number of imide groups is 1. The molecule has 4 rings (SSSR count). The van der Waals surface area contributed by atoms with Crippen LogP contribution in [0.15, 0.2) is 35.5 Å². The number of β-lactam (4-membered cyclic amide) rings is 1. The maximum atomic E-state index is 13.1. The van der Waals surface area contributed by atoms with Crippen molar-refractivity contribution in [3.63, 3.8) is 0 Å². The number of amides is 3. The molecule has 3 aliphatic rings. The van der Waals surface area contributed by atoms with Crippen LogP contribution in [0.2, 0.25) is 0 Å². The molecule has 3 heterocycles. The Labute approximate surface area is 178 Å². The van der Waals surface area contributed by atoms with E-state index >= 15 is 0 Å². The summed E-state index contributed by atoms with van der Waals surface area (Å²) in [7, 11) is 1.26. The van der Waals surface area contributed by atoms with Crippen LogP contribution in [0.25, 0.3) is 0 Å². The maximum absolute atomic E-state index is 13.1. The Hall–Kier alpha value is -2.65. The number of benzene rings is 1. The number of rotatable bonds is 7. The molecule has 3 amide bonds. The van der Waals surface area contributed by atoms with E-state index in [1.807, 2.05) is 0 Å². The van der Waals surface area contributed by atoms with Crippen LogP contribution in [0.3, 0.4) is 0 Å². The Bertz CT molecular complexity index is 924. The van der Waals surface area contributed by atoms with Crippen molar-refractivity contribution < 1.29 is 28.7 Å². The first-order chi connectivity index (χ1) is 14.5. The van der Waals surface area contributed by atoms with Crippen LogP contribution < -0.4 is 0 Å². The number of thioether (sulfide) groups is 1. The molecule has 2 atom stereocenters. The van der Waals surface area contributed by atoms with Gasteiger partial charge in [0.05, 0.1) is 24.8 Å². The van der Waals surface area contributed by atoms with Crippen molar-refractivity contribution in [3.05, 3.63) is 46.7 Å². The number of unbranched alkanes of at least 4 members (excludes halogenated alkanes) is 1. The van der Waals surface area contributed by atoms with Gasteiger partial charge in [-0.1, -0.05) is 25.5 Å². The van der Waals surface area contributed by atoms with Gasteiger partial charge in [-0.2, -0.15) is 0 Å². The number of fused-ring (bicyclic) bond motifs is 2. The average molecular weight is 430 g/mol. The SMILES string of the molecule is CCCCOCC1=C(C(=O)OC)N2C(=O)C(N3C(=O)c4ccccc4C3=O)C2SC1. The van der Waals surface area contributed by atoms with Crippen LogP contribution in [-0.4, -0.2) is 71.0 Å². The minimum absolute atomic E-state index is 0.163. The summed E-state index contributed by atoms with van der Waals surface area (Å²) in [6, 6.07) is 5.58. The molecule has 158 valence electrons. The molecule has 0 aromatic heterocycles. The summed E-state index contributed by atoms with van der Waals surface area (Å²) < 4.78 is 10.5. The van der Waals surface area contributed by atoms with Gasteiger partial charge in [-0.05, 0) is 24.1 Å². The molecular formula is C21H22N2O6S. The van der Waals surface area contributed by atoms with Crippen LogP contribution in [0.4, 0.5) is 0 Å². The standard InChI is InChI=1S/C21H22N2O6S/c1-3-4-9-29-10-12-11-30-20-16(19(26)23(20)15(12)21(27)28-2)22-17(24)13-7-5-6-8-14(13)18(22)25/h5-8,16,20H,3-4,9-11H2,1-2H3. The first kappa shape index (κ1) is 20.6. The third-order valence-corrected chi connectivity index (χ3v) is 6.75. The predicted molar refractivity (Wildman–Crippen MR) is 109 cm³/mol. The lowest BCUT2D eigenvalue weighted by molar-refractivity contribution is -0.153. The third-order valence-electron chi connectivity index (χ3n) is 5.42. The highest BCUT2D eigenvalue weighted by Crippen LogP contribution is 2.44. The Morgan fingerprint density at radius 3 is 2.40 bits per heavy atom. The normalized spacial score (nSPS) is 22.8. The monoisotopic (exact) mass is 430 g/mol. The zero-order valence-corrected chi connectivity index (χ0v) is 17.6. The van der Waals surface area contributed by atoms with Gasteiger partial charge < -0.3 is 9.47 Å². The minimum Gasteiger partial charge on any atom is -0.464 e. The van der Waals surface area contributed by atoms with Gasteiger partial charge in [0.25, 0.3) is 17.7 Å². The second-order valence-electron chi connectivity index (χ2n) is 7.23. The Morgan fingerprint density at radius 1 is 1.13 bits per heavy atom. The summed E-state index contributed by atoms with van der Waals surface area (Å²) in [5.41, 5.74) is 1.43. The second-order valence-corrected chi connectivity index (χ2v) is 8.34. The highest BCUT2D eigenvalue weighted by molar-refractivity contribution is 8.00. The predicted octanol–water partition coefficient (Wildman–Crippen LogP) is 1.81. The van der Waals surface area contributed by atoms with E-state index in [-0.39, 0.29) is 12.3 Å². The van der Waals surface area contributed by atoms with Gasteiger partial charge in [0.15, 0.2) is 0 Å². The van der Waals surface area contributed by atoms with E-state index < -0.39 is 35.1 Å². The van der Waals surface area contributed by atoms with Crippen LogP contribution in [0.1, 0.15) is 40.5 Å². The van der Waals surface area contributed by atoms with Crippen molar-refractivity contribution in [2.24, 2.45) is 0 Å². The lowest BCUT2D eigenvalue weighted by atomic mass is 10.0. The molecule has 2 unspecified atom stereocenters. The molecule has 0 bridgehead atoms. The topological polar surface area (TPSA) is 93.2 Å². The van der Waals surface area contributed by atoms with Crippen LogP contribution in [-0.2, 0) is 19.1 Å². The van der Waals surface area contributed by atoms with Gasteiger partial charge in [0, 0.05) is 12.4 Å². The summed E-state index contributed by atoms with van der Waals surface area (Å²) in [5.74, 6) is -1.60. The lowest BCUT2D eigenvalue weighted by Crippen LogP contribution is -2.71. The van der Waals surface area contributed by atoms with Gasteiger partial charge in [-0.15, -0.1) is 11.8 Å². The number of ether oxygens (including phenoxy) is 2. The molecule has 1 aromatic rings. The van der Waals surface area contributed by atoms with E-state index in [4.69, 9.17) is 9.47 Å². The van der Waals surface area contributed by atoms with Crippen molar-refractivity contribution in [1.82, 2.24) is 9.80 Å². The highest BCUT2D eigenvalue weighted by Gasteiger charge is 2.60. The zero-order valence-electron chi connectivity index (χ0n) is 16.8. The molecule has 8 nitrogen and oxygen atoms in total. The molecule has 1 saturated heterocycles. The first-order valence-corrected chi connectivity index (χ1v) is 10.9. The molecule has 0 radical (unpaired) electrons. The lowest BCUT2D eigenvalue weighted by Gasteiger charge is -2.51. The first-order valence-electron chi connectivity index (χ1n) is 9.80. The van der Waals surface area contributed by atoms with E-state index in [2.05, 4.69) is 6.92 Å². The van der Waals surface area contributed by atoms with Gasteiger partial charge in [0.1, 0.15) is 17.1 Å². The molecule has 0 aliphatic carbocycles. The smallest absolute Gasteiger partial charge is 0.354 e. The van der Waals surface area contributed by atoms with Gasteiger partial charge >= 0.3 is 5.97 Å². The van der Waals surface area contributed by atoms with E-state index in [0.29, 0.717) is 29.1 Å². The fourth-order valence-electron chi connectivity index (χ4n) is 3.87. The fourth-order valence-corrected chi connectivity index (χ4v) is 5.24. The Balaban J connectivity index is 1.59. The molecular weight excluding hydrogens is 408 g/mol. The van der Waals surface area contributed by atoms with E-state index in [1.54, 1.807) is 24.3 Å². The van der Waals surface area contributed by atoms with Gasteiger partial charge in [0.2, 0.25) is 0 Å².